The Balaban J connectivity index is 1.92. The van der Waals surface area contributed by atoms with Gasteiger partial charge in [0.2, 0.25) is 0 Å². The molecule has 4 nitrogen and oxygen atoms in total. The molecule has 0 aliphatic carbocycles. The third kappa shape index (κ3) is 3.49. The van der Waals surface area contributed by atoms with Gasteiger partial charge in [-0.25, -0.2) is 9.97 Å². The molecule has 1 unspecified atom stereocenters. The van der Waals surface area contributed by atoms with Crippen molar-refractivity contribution in [2.24, 2.45) is 0 Å². The number of aliphatic hydroxyl groups is 1. The number of thiophene rings is 1. The molecule has 1 atom stereocenters. The number of hydrogen-bond donors (Lipinski definition) is 1. The Bertz CT molecular complexity index is 658. The lowest BCUT2D eigenvalue weighted by Gasteiger charge is -2.21. The number of nitrogens with zero attached hydrogens (tertiary/aromatic N) is 3. The molecule has 3 heterocycles. The molecule has 1 aliphatic rings. The minimum absolute atomic E-state index is 0.249. The standard InChI is InChI=1S/C14H16F3N3OS/c15-14(16,17)7-10-6-11-12(18-8-19-13(11)22-10)20-4-1-2-9(21)3-5-20/h6,8-9,21H,1-5,7H2. The second-order valence-electron chi connectivity index (χ2n) is 5.49. The molecule has 3 rings (SSSR count). The van der Waals surface area contributed by atoms with E-state index in [2.05, 4.69) is 9.97 Å². The molecule has 22 heavy (non-hydrogen) atoms. The van der Waals surface area contributed by atoms with Crippen molar-refractivity contribution in [2.75, 3.05) is 18.0 Å². The predicted molar refractivity (Wildman–Crippen MR) is 79.2 cm³/mol. The fourth-order valence-electron chi connectivity index (χ4n) is 2.72. The zero-order valence-electron chi connectivity index (χ0n) is 11.8. The Labute approximate surface area is 129 Å². The Kier molecular flexibility index (Phi) is 4.22. The van der Waals surface area contributed by atoms with Crippen LogP contribution in [-0.2, 0) is 6.42 Å². The molecule has 120 valence electrons. The fourth-order valence-corrected chi connectivity index (χ4v) is 3.74. The van der Waals surface area contributed by atoms with Gasteiger partial charge in [-0.05, 0) is 25.3 Å². The van der Waals surface area contributed by atoms with Crippen LogP contribution >= 0.6 is 11.3 Å². The van der Waals surface area contributed by atoms with E-state index in [4.69, 9.17) is 0 Å². The molecule has 0 aromatic carbocycles. The van der Waals surface area contributed by atoms with Gasteiger partial charge >= 0.3 is 6.18 Å². The molecule has 8 heteroatoms. The number of aromatic nitrogens is 2. The number of rotatable bonds is 2. The average Bonchev–Trinajstić information content (AvgIpc) is 2.69. The second-order valence-corrected chi connectivity index (χ2v) is 6.61. The van der Waals surface area contributed by atoms with Crippen LogP contribution in [0.1, 0.15) is 24.1 Å². The molecule has 2 aromatic rings. The van der Waals surface area contributed by atoms with Crippen LogP contribution in [0.3, 0.4) is 0 Å². The van der Waals surface area contributed by atoms with Gasteiger partial charge in [-0.1, -0.05) is 0 Å². The van der Waals surface area contributed by atoms with Crippen molar-refractivity contribution < 1.29 is 18.3 Å². The van der Waals surface area contributed by atoms with Gasteiger partial charge in [-0.15, -0.1) is 11.3 Å². The maximum atomic E-state index is 12.6. The van der Waals surface area contributed by atoms with E-state index in [0.29, 0.717) is 29.0 Å². The van der Waals surface area contributed by atoms with Crippen molar-refractivity contribution in [1.29, 1.82) is 0 Å². The first-order valence-corrected chi connectivity index (χ1v) is 7.97. The third-order valence-corrected chi connectivity index (χ3v) is 4.77. The van der Waals surface area contributed by atoms with Gasteiger partial charge in [0.25, 0.3) is 0 Å². The van der Waals surface area contributed by atoms with Gasteiger partial charge in [0.15, 0.2) is 0 Å². The van der Waals surface area contributed by atoms with Crippen molar-refractivity contribution in [3.63, 3.8) is 0 Å². The molecular formula is C14H16F3N3OS. The minimum Gasteiger partial charge on any atom is -0.393 e. The topological polar surface area (TPSA) is 49.2 Å². The normalized spacial score (nSPS) is 20.4. The highest BCUT2D eigenvalue weighted by molar-refractivity contribution is 7.18. The highest BCUT2D eigenvalue weighted by atomic mass is 32.1. The summed E-state index contributed by atoms with van der Waals surface area (Å²) < 4.78 is 37.7. The summed E-state index contributed by atoms with van der Waals surface area (Å²) in [6.45, 7) is 1.39. The van der Waals surface area contributed by atoms with Crippen molar-refractivity contribution in [3.05, 3.63) is 17.3 Å². The molecule has 0 spiro atoms. The van der Waals surface area contributed by atoms with Gasteiger partial charge < -0.3 is 10.0 Å². The van der Waals surface area contributed by atoms with Crippen LogP contribution in [0.15, 0.2) is 12.4 Å². The molecule has 1 fully saturated rings. The molecule has 2 aromatic heterocycles. The first-order valence-electron chi connectivity index (χ1n) is 7.15. The largest absolute Gasteiger partial charge is 0.393 e. The molecule has 1 N–H and O–H groups in total. The predicted octanol–water partition coefficient (Wildman–Crippen LogP) is 3.15. The molecule has 0 saturated carbocycles. The first-order chi connectivity index (χ1) is 10.4. The number of anilines is 1. The van der Waals surface area contributed by atoms with E-state index in [-0.39, 0.29) is 11.0 Å². The lowest BCUT2D eigenvalue weighted by molar-refractivity contribution is -0.126. The van der Waals surface area contributed by atoms with E-state index in [9.17, 15) is 18.3 Å². The zero-order chi connectivity index (χ0) is 15.7. The first kappa shape index (κ1) is 15.5. The van der Waals surface area contributed by atoms with Crippen molar-refractivity contribution >= 4 is 27.4 Å². The number of alkyl halides is 3. The van der Waals surface area contributed by atoms with Crippen LogP contribution in [0.5, 0.6) is 0 Å². The molecular weight excluding hydrogens is 315 g/mol. The molecule has 1 aliphatic heterocycles. The number of halogens is 3. The summed E-state index contributed by atoms with van der Waals surface area (Å²) >= 11 is 1.06. The summed E-state index contributed by atoms with van der Waals surface area (Å²) in [6, 6.07) is 1.55. The number of aliphatic hydroxyl groups excluding tert-OH is 1. The van der Waals surface area contributed by atoms with E-state index in [0.717, 1.165) is 30.7 Å². The van der Waals surface area contributed by atoms with Crippen LogP contribution in [0.25, 0.3) is 10.2 Å². The van der Waals surface area contributed by atoms with Crippen LogP contribution in [-0.4, -0.2) is 40.4 Å². The molecule has 0 radical (unpaired) electrons. The SMILES string of the molecule is OC1CCCN(c2ncnc3sc(CC(F)(F)F)cc23)CC1. The molecule has 0 bridgehead atoms. The van der Waals surface area contributed by atoms with Crippen molar-refractivity contribution in [3.8, 4) is 0 Å². The minimum atomic E-state index is -4.22. The smallest absolute Gasteiger partial charge is 0.393 e. The highest BCUT2D eigenvalue weighted by Gasteiger charge is 2.29. The Hall–Kier alpha value is -1.41. The van der Waals surface area contributed by atoms with E-state index in [1.54, 1.807) is 6.07 Å². The lowest BCUT2D eigenvalue weighted by Crippen LogP contribution is -2.25. The Morgan fingerprint density at radius 3 is 2.86 bits per heavy atom. The monoisotopic (exact) mass is 331 g/mol. The summed E-state index contributed by atoms with van der Waals surface area (Å²) in [4.78, 5) is 11.2. The lowest BCUT2D eigenvalue weighted by atomic mass is 10.2. The Morgan fingerprint density at radius 2 is 2.09 bits per heavy atom. The van der Waals surface area contributed by atoms with Crippen molar-refractivity contribution in [2.45, 2.75) is 38.0 Å². The average molecular weight is 331 g/mol. The fraction of sp³-hybridized carbons (Fsp3) is 0.571. The quantitative estimate of drug-likeness (QED) is 0.918. The number of fused-ring (bicyclic) bond motifs is 1. The van der Waals surface area contributed by atoms with Gasteiger partial charge in [0, 0.05) is 18.0 Å². The van der Waals surface area contributed by atoms with E-state index >= 15 is 0 Å². The van der Waals surface area contributed by atoms with Crippen LogP contribution < -0.4 is 4.90 Å². The summed E-state index contributed by atoms with van der Waals surface area (Å²) in [5, 5.41) is 10.4. The second kappa shape index (κ2) is 6.00. The van der Waals surface area contributed by atoms with Gasteiger partial charge in [0.05, 0.1) is 17.9 Å². The van der Waals surface area contributed by atoms with E-state index in [1.807, 2.05) is 4.90 Å². The summed E-state index contributed by atoms with van der Waals surface area (Å²) in [5.74, 6) is 0.670. The molecule has 0 amide bonds. The van der Waals surface area contributed by atoms with E-state index in [1.165, 1.54) is 6.33 Å². The van der Waals surface area contributed by atoms with Crippen LogP contribution in [0, 0.1) is 0 Å². The summed E-state index contributed by atoms with van der Waals surface area (Å²) in [5.41, 5.74) is 0. The maximum Gasteiger partial charge on any atom is 0.393 e. The van der Waals surface area contributed by atoms with Crippen LogP contribution in [0.4, 0.5) is 19.0 Å². The van der Waals surface area contributed by atoms with E-state index < -0.39 is 12.6 Å². The van der Waals surface area contributed by atoms with Gasteiger partial charge in [-0.3, -0.25) is 0 Å². The summed E-state index contributed by atoms with van der Waals surface area (Å²) in [7, 11) is 0. The van der Waals surface area contributed by atoms with Crippen molar-refractivity contribution in [1.82, 2.24) is 9.97 Å². The summed E-state index contributed by atoms with van der Waals surface area (Å²) in [6.07, 6.45) is -1.85. The maximum absolute atomic E-state index is 12.6. The molecule has 1 saturated heterocycles. The zero-order valence-corrected chi connectivity index (χ0v) is 12.6. The number of hydrogen-bond acceptors (Lipinski definition) is 5. The van der Waals surface area contributed by atoms with Gasteiger partial charge in [-0.2, -0.15) is 13.2 Å². The van der Waals surface area contributed by atoms with Gasteiger partial charge in [0.1, 0.15) is 17.0 Å². The highest BCUT2D eigenvalue weighted by Crippen LogP contribution is 2.34. The Morgan fingerprint density at radius 1 is 1.27 bits per heavy atom. The van der Waals surface area contributed by atoms with Crippen LogP contribution in [0.2, 0.25) is 0 Å². The third-order valence-electron chi connectivity index (χ3n) is 3.73.